The summed E-state index contributed by atoms with van der Waals surface area (Å²) in [6.07, 6.45) is 8.47. The Morgan fingerprint density at radius 1 is 0.778 bits per heavy atom. The minimum Gasteiger partial charge on any atom is -1.00 e. The molecule has 1 heterocycles. The third kappa shape index (κ3) is 5.60. The van der Waals surface area contributed by atoms with Crippen LogP contribution in [0.3, 0.4) is 0 Å². The molecule has 0 amide bonds. The topological polar surface area (TPSA) is 13.1 Å². The maximum atomic E-state index is 4.58. The zero-order chi connectivity index (χ0) is 18.2. The monoisotopic (exact) mass is 432 g/mol. The van der Waals surface area contributed by atoms with Crippen LogP contribution >= 0.6 is 0 Å². The van der Waals surface area contributed by atoms with Crippen LogP contribution in [0.15, 0.2) is 77.6 Å². The average Bonchev–Trinajstić information content (AvgIpc) is 3.28. The van der Waals surface area contributed by atoms with Crippen LogP contribution in [0, 0.1) is 0 Å². The van der Waals surface area contributed by atoms with Gasteiger partial charge in [-0.15, -0.1) is 0 Å². The van der Waals surface area contributed by atoms with E-state index in [0.717, 1.165) is 0 Å². The molecule has 4 aromatic rings. The summed E-state index contributed by atoms with van der Waals surface area (Å²) in [5, 5.41) is 5.64. The van der Waals surface area contributed by atoms with E-state index < -0.39 is 0 Å². The number of hydrogen-bond acceptors (Lipinski definition) is 1. The van der Waals surface area contributed by atoms with Gasteiger partial charge in [0.2, 0.25) is 0 Å². The predicted octanol–water partition coefficient (Wildman–Crippen LogP) is 3.75. The normalized spacial score (nSPS) is 12.1. The first-order valence-corrected chi connectivity index (χ1v) is 10.5. The summed E-state index contributed by atoms with van der Waals surface area (Å²) in [5.41, 5.74) is 3.17. The van der Waals surface area contributed by atoms with Gasteiger partial charge in [-0.1, -0.05) is 48.5 Å². The van der Waals surface area contributed by atoms with E-state index >= 15 is 0 Å². The number of rotatable bonds is 0. The van der Waals surface area contributed by atoms with Crippen molar-refractivity contribution in [3.63, 3.8) is 0 Å². The van der Waals surface area contributed by atoms with Gasteiger partial charge in [0.25, 0.3) is 0 Å². The van der Waals surface area contributed by atoms with E-state index in [0.29, 0.717) is 0 Å². The molecule has 0 saturated carbocycles. The number of furan rings is 1. The van der Waals surface area contributed by atoms with Gasteiger partial charge in [0, 0.05) is 0 Å². The fraction of sp³-hybridized carbons (Fsp3) is 0.250. The van der Waals surface area contributed by atoms with Crippen molar-refractivity contribution in [2.24, 2.45) is 0 Å². The largest absolute Gasteiger partial charge is 1.00 e. The molecule has 1 aliphatic carbocycles. The standard InChI is InChI=1S/C18H16.C4H4O.C2H5.BrH.Mg/c1-3-7-15-13(5-1)9-11-18-16-8-4-2-6-14(16)10-12-17(15)18;1-2-4-5-3-1;1-2;;/h1,3,5,7,9-12H,2,4,6,8H2;1-4H;1H2,2H3;1H;/q;;;;+1/p-1. The van der Waals surface area contributed by atoms with Crippen molar-refractivity contribution in [2.75, 3.05) is 0 Å². The Balaban J connectivity index is 0.000000247. The Morgan fingerprint density at radius 3 is 2.15 bits per heavy atom. The van der Waals surface area contributed by atoms with Crippen molar-refractivity contribution in [2.45, 2.75) is 37.2 Å². The molecule has 1 nitrogen and oxygen atoms in total. The molecule has 0 aliphatic heterocycles. The third-order valence-corrected chi connectivity index (χ3v) is 4.68. The zero-order valence-electron chi connectivity index (χ0n) is 16.0. The molecule has 3 aromatic carbocycles. The summed E-state index contributed by atoms with van der Waals surface area (Å²) in [6.45, 7) is 2.14. The number of halogens is 1. The van der Waals surface area contributed by atoms with Crippen LogP contribution in [0.25, 0.3) is 21.5 Å². The van der Waals surface area contributed by atoms with Crippen molar-refractivity contribution < 1.29 is 21.4 Å². The third-order valence-electron chi connectivity index (χ3n) is 4.68. The second-order valence-electron chi connectivity index (χ2n) is 6.59. The van der Waals surface area contributed by atoms with E-state index in [4.69, 9.17) is 0 Å². The van der Waals surface area contributed by atoms with Crippen molar-refractivity contribution in [3.05, 3.63) is 84.3 Å². The van der Waals surface area contributed by atoms with Crippen LogP contribution in [0.2, 0.25) is 4.55 Å². The summed E-state index contributed by atoms with van der Waals surface area (Å²) in [7, 11) is 0. The molecule has 0 atom stereocenters. The second-order valence-corrected chi connectivity index (χ2v) is 7.59. The Kier molecular flexibility index (Phi) is 9.39. The van der Waals surface area contributed by atoms with Gasteiger partial charge in [0.05, 0.1) is 12.5 Å². The number of fused-ring (bicyclic) bond motifs is 5. The molecular formula is C24H25BrMgO. The van der Waals surface area contributed by atoms with E-state index in [9.17, 15) is 0 Å². The molecule has 27 heavy (non-hydrogen) atoms. The molecule has 0 fully saturated rings. The molecule has 0 bridgehead atoms. The first-order valence-electron chi connectivity index (χ1n) is 9.53. The number of hydrogen-bond donors (Lipinski definition) is 0. The molecule has 0 N–H and O–H groups in total. The molecule has 0 spiro atoms. The maximum absolute atomic E-state index is 4.58. The van der Waals surface area contributed by atoms with Gasteiger partial charge in [-0.2, -0.15) is 0 Å². The van der Waals surface area contributed by atoms with Crippen LogP contribution in [0.1, 0.15) is 30.9 Å². The van der Waals surface area contributed by atoms with E-state index in [1.807, 2.05) is 33.8 Å². The van der Waals surface area contributed by atoms with Crippen LogP contribution in [-0.2, 0) is 12.8 Å². The summed E-state index contributed by atoms with van der Waals surface area (Å²) in [4.78, 5) is 0. The molecule has 3 heteroatoms. The summed E-state index contributed by atoms with van der Waals surface area (Å²) >= 11 is 1.97. The van der Waals surface area contributed by atoms with Crippen molar-refractivity contribution in [1.29, 1.82) is 0 Å². The van der Waals surface area contributed by atoms with Gasteiger partial charge in [-0.3, -0.25) is 0 Å². The number of aryl methyl sites for hydroxylation is 2. The molecule has 1 aromatic heterocycles. The molecule has 0 unspecified atom stereocenters. The fourth-order valence-corrected chi connectivity index (χ4v) is 3.57. The van der Waals surface area contributed by atoms with Crippen molar-refractivity contribution >= 4 is 43.3 Å². The summed E-state index contributed by atoms with van der Waals surface area (Å²) in [6, 6.07) is 21.6. The van der Waals surface area contributed by atoms with Crippen LogP contribution in [0.4, 0.5) is 0 Å². The first kappa shape index (κ1) is 22.0. The van der Waals surface area contributed by atoms with Crippen LogP contribution in [0.5, 0.6) is 0 Å². The quantitative estimate of drug-likeness (QED) is 0.304. The van der Waals surface area contributed by atoms with Gasteiger partial charge in [0.1, 0.15) is 0 Å². The molecule has 0 saturated heterocycles. The SMILES string of the molecule is C[CH2][Mg+].[Br-].c1ccc2c(c1)ccc1c3c(ccc12)CCCC3.c1ccoc1. The second kappa shape index (κ2) is 11.5. The summed E-state index contributed by atoms with van der Waals surface area (Å²) in [5.74, 6) is 0. The van der Waals surface area contributed by atoms with Crippen molar-refractivity contribution in [1.82, 2.24) is 0 Å². The van der Waals surface area contributed by atoms with Gasteiger partial charge < -0.3 is 21.4 Å². The van der Waals surface area contributed by atoms with Crippen molar-refractivity contribution in [3.8, 4) is 0 Å². The van der Waals surface area contributed by atoms with E-state index in [1.54, 1.807) is 23.7 Å². The maximum Gasteiger partial charge on any atom is 0.0902 e. The Hall–Kier alpha value is -1.29. The van der Waals surface area contributed by atoms with E-state index in [-0.39, 0.29) is 17.0 Å². The molecule has 5 rings (SSSR count). The minimum atomic E-state index is 0. The Morgan fingerprint density at radius 2 is 1.44 bits per heavy atom. The number of benzene rings is 3. The fourth-order valence-electron chi connectivity index (χ4n) is 3.57. The van der Waals surface area contributed by atoms with Gasteiger partial charge in [0.15, 0.2) is 0 Å². The molecule has 1 aliphatic rings. The average molecular weight is 434 g/mol. The van der Waals surface area contributed by atoms with Gasteiger partial charge in [-0.05, 0) is 70.5 Å². The minimum absolute atomic E-state index is 0. The zero-order valence-corrected chi connectivity index (χ0v) is 19.0. The van der Waals surface area contributed by atoms with Crippen LogP contribution in [-0.4, -0.2) is 21.7 Å². The Labute approximate surface area is 185 Å². The first-order chi connectivity index (χ1) is 12.8. The molecule has 136 valence electrons. The van der Waals surface area contributed by atoms with Crippen LogP contribution < -0.4 is 17.0 Å². The van der Waals surface area contributed by atoms with E-state index in [1.165, 1.54) is 51.8 Å². The van der Waals surface area contributed by atoms with Gasteiger partial charge >= 0.3 is 33.2 Å². The molecular weight excluding hydrogens is 408 g/mol. The Bertz CT molecular complexity index is 930. The predicted molar refractivity (Wildman–Crippen MR) is 113 cm³/mol. The smallest absolute Gasteiger partial charge is 0.0902 e. The van der Waals surface area contributed by atoms with Gasteiger partial charge in [-0.25, -0.2) is 0 Å². The summed E-state index contributed by atoms with van der Waals surface area (Å²) < 4.78 is 5.86. The van der Waals surface area contributed by atoms with E-state index in [2.05, 4.69) is 59.9 Å². The molecule has 0 radical (unpaired) electrons.